The minimum Gasteiger partial charge on any atom is -0.497 e. The zero-order chi connectivity index (χ0) is 18.8. The largest absolute Gasteiger partial charge is 0.497 e. The molecule has 2 aromatic carbocycles. The van der Waals surface area contributed by atoms with Crippen LogP contribution in [0, 0.1) is 0 Å². The number of hydrogen-bond donors (Lipinski definition) is 2. The standard InChI is InChI=1S/C20H22N2O4/c1-15(23)22-17-9-6-16(7-10-17)8-11-20(24)21-12-13-26-19-5-3-4-18(14-19)25-2/h3-11,14H,12-13H2,1-2H3,(H,21,24)(H,22,23)/b11-8+. The van der Waals surface area contributed by atoms with E-state index < -0.39 is 0 Å². The van der Waals surface area contributed by atoms with E-state index in [9.17, 15) is 9.59 Å². The Balaban J connectivity index is 1.72. The zero-order valence-electron chi connectivity index (χ0n) is 14.8. The monoisotopic (exact) mass is 354 g/mol. The van der Waals surface area contributed by atoms with Crippen molar-refractivity contribution in [3.63, 3.8) is 0 Å². The fourth-order valence-corrected chi connectivity index (χ4v) is 2.15. The summed E-state index contributed by atoms with van der Waals surface area (Å²) >= 11 is 0. The second-order valence-corrected chi connectivity index (χ2v) is 5.46. The normalized spacial score (nSPS) is 10.4. The Bertz CT molecular complexity index is 770. The van der Waals surface area contributed by atoms with Crippen LogP contribution in [0.5, 0.6) is 11.5 Å². The van der Waals surface area contributed by atoms with Crippen molar-refractivity contribution in [2.45, 2.75) is 6.92 Å². The maximum Gasteiger partial charge on any atom is 0.244 e. The molecule has 0 heterocycles. The molecular weight excluding hydrogens is 332 g/mol. The Hall–Kier alpha value is -3.28. The van der Waals surface area contributed by atoms with Gasteiger partial charge >= 0.3 is 0 Å². The van der Waals surface area contributed by atoms with E-state index in [2.05, 4.69) is 10.6 Å². The van der Waals surface area contributed by atoms with E-state index in [1.807, 2.05) is 30.3 Å². The molecule has 0 aliphatic rings. The molecule has 6 nitrogen and oxygen atoms in total. The molecule has 2 amide bonds. The third-order valence-corrected chi connectivity index (χ3v) is 3.37. The Morgan fingerprint density at radius 2 is 1.81 bits per heavy atom. The summed E-state index contributed by atoms with van der Waals surface area (Å²) in [6.07, 6.45) is 3.16. The molecule has 0 saturated carbocycles. The number of carbonyl (C=O) groups excluding carboxylic acids is 2. The topological polar surface area (TPSA) is 76.7 Å². The van der Waals surface area contributed by atoms with Crippen molar-refractivity contribution >= 4 is 23.6 Å². The van der Waals surface area contributed by atoms with Crippen molar-refractivity contribution in [2.75, 3.05) is 25.6 Å². The first kappa shape index (κ1) is 19.1. The number of amides is 2. The highest BCUT2D eigenvalue weighted by Gasteiger charge is 1.99. The molecule has 6 heteroatoms. The summed E-state index contributed by atoms with van der Waals surface area (Å²) in [7, 11) is 1.60. The third kappa shape index (κ3) is 6.68. The number of ether oxygens (including phenoxy) is 2. The Morgan fingerprint density at radius 1 is 1.08 bits per heavy atom. The van der Waals surface area contributed by atoms with Gasteiger partial charge in [0.25, 0.3) is 0 Å². The van der Waals surface area contributed by atoms with Crippen molar-refractivity contribution in [1.29, 1.82) is 0 Å². The summed E-state index contributed by atoms with van der Waals surface area (Å²) in [6.45, 7) is 2.20. The van der Waals surface area contributed by atoms with E-state index in [1.54, 1.807) is 31.4 Å². The van der Waals surface area contributed by atoms with Gasteiger partial charge in [-0.05, 0) is 35.9 Å². The van der Waals surface area contributed by atoms with E-state index in [-0.39, 0.29) is 11.8 Å². The summed E-state index contributed by atoms with van der Waals surface area (Å²) in [5.74, 6) is 1.08. The molecular formula is C20H22N2O4. The molecule has 2 rings (SSSR count). The van der Waals surface area contributed by atoms with Crippen LogP contribution in [0.25, 0.3) is 6.08 Å². The number of carbonyl (C=O) groups is 2. The molecule has 0 radical (unpaired) electrons. The fraction of sp³-hybridized carbons (Fsp3) is 0.200. The molecule has 0 aromatic heterocycles. The summed E-state index contributed by atoms with van der Waals surface area (Å²) in [5, 5.41) is 5.44. The summed E-state index contributed by atoms with van der Waals surface area (Å²) < 4.78 is 10.7. The van der Waals surface area contributed by atoms with Crippen LogP contribution in [-0.4, -0.2) is 32.1 Å². The number of nitrogens with one attached hydrogen (secondary N) is 2. The third-order valence-electron chi connectivity index (χ3n) is 3.37. The second kappa shape index (κ2) is 9.88. The van der Waals surface area contributed by atoms with Crippen molar-refractivity contribution in [2.24, 2.45) is 0 Å². The van der Waals surface area contributed by atoms with E-state index in [1.165, 1.54) is 13.0 Å². The van der Waals surface area contributed by atoms with Crippen molar-refractivity contribution in [1.82, 2.24) is 5.32 Å². The lowest BCUT2D eigenvalue weighted by atomic mass is 10.2. The van der Waals surface area contributed by atoms with Gasteiger partial charge in [0, 0.05) is 24.8 Å². The predicted octanol–water partition coefficient (Wildman–Crippen LogP) is 2.86. The van der Waals surface area contributed by atoms with Crippen LogP contribution >= 0.6 is 0 Å². The molecule has 0 spiro atoms. The first-order valence-corrected chi connectivity index (χ1v) is 8.17. The number of methoxy groups -OCH3 is 1. The van der Waals surface area contributed by atoms with E-state index in [0.717, 1.165) is 11.3 Å². The van der Waals surface area contributed by atoms with Gasteiger partial charge in [0.15, 0.2) is 0 Å². The lowest BCUT2D eigenvalue weighted by Crippen LogP contribution is -2.26. The Morgan fingerprint density at radius 3 is 2.50 bits per heavy atom. The average molecular weight is 354 g/mol. The highest BCUT2D eigenvalue weighted by Crippen LogP contribution is 2.18. The average Bonchev–Trinajstić information content (AvgIpc) is 2.64. The van der Waals surface area contributed by atoms with Crippen molar-refractivity contribution < 1.29 is 19.1 Å². The van der Waals surface area contributed by atoms with Gasteiger partial charge in [0.05, 0.1) is 13.7 Å². The summed E-state index contributed by atoms with van der Waals surface area (Å²) in [5.41, 5.74) is 1.58. The number of hydrogen-bond acceptors (Lipinski definition) is 4. The minimum absolute atomic E-state index is 0.121. The molecule has 0 saturated heterocycles. The minimum atomic E-state index is -0.204. The van der Waals surface area contributed by atoms with Gasteiger partial charge in [-0.3, -0.25) is 9.59 Å². The van der Waals surface area contributed by atoms with Crippen molar-refractivity contribution in [3.8, 4) is 11.5 Å². The molecule has 0 aliphatic heterocycles. The Kier molecular flexibility index (Phi) is 7.24. The molecule has 0 aliphatic carbocycles. The number of anilines is 1. The predicted molar refractivity (Wildman–Crippen MR) is 101 cm³/mol. The van der Waals surface area contributed by atoms with Crippen LogP contribution in [0.15, 0.2) is 54.6 Å². The van der Waals surface area contributed by atoms with E-state index in [0.29, 0.717) is 24.6 Å². The maximum absolute atomic E-state index is 11.8. The van der Waals surface area contributed by atoms with Gasteiger partial charge in [-0.15, -0.1) is 0 Å². The first-order chi connectivity index (χ1) is 12.6. The van der Waals surface area contributed by atoms with Gasteiger partial charge in [-0.25, -0.2) is 0 Å². The molecule has 0 atom stereocenters. The highest BCUT2D eigenvalue weighted by atomic mass is 16.5. The quantitative estimate of drug-likeness (QED) is 0.564. The number of rotatable bonds is 8. The molecule has 0 fully saturated rings. The first-order valence-electron chi connectivity index (χ1n) is 8.17. The summed E-state index contributed by atoms with van der Waals surface area (Å²) in [4.78, 5) is 22.8. The van der Waals surface area contributed by atoms with Gasteiger partial charge < -0.3 is 20.1 Å². The Labute approximate surface area is 152 Å². The van der Waals surface area contributed by atoms with Gasteiger partial charge in [-0.2, -0.15) is 0 Å². The highest BCUT2D eigenvalue weighted by molar-refractivity contribution is 5.92. The SMILES string of the molecule is COc1cccc(OCCNC(=O)/C=C/c2ccc(NC(C)=O)cc2)c1. The van der Waals surface area contributed by atoms with E-state index in [4.69, 9.17) is 9.47 Å². The lowest BCUT2D eigenvalue weighted by molar-refractivity contribution is -0.116. The van der Waals surface area contributed by atoms with Crippen molar-refractivity contribution in [3.05, 3.63) is 60.2 Å². The number of benzene rings is 2. The second-order valence-electron chi connectivity index (χ2n) is 5.46. The van der Waals surface area contributed by atoms with Gasteiger partial charge in [0.2, 0.25) is 11.8 Å². The van der Waals surface area contributed by atoms with Crippen LogP contribution < -0.4 is 20.1 Å². The smallest absolute Gasteiger partial charge is 0.244 e. The van der Waals surface area contributed by atoms with Crippen LogP contribution in [0.1, 0.15) is 12.5 Å². The molecule has 136 valence electrons. The van der Waals surface area contributed by atoms with E-state index >= 15 is 0 Å². The molecule has 2 N–H and O–H groups in total. The van der Waals surface area contributed by atoms with Crippen LogP contribution in [0.2, 0.25) is 0 Å². The van der Waals surface area contributed by atoms with Gasteiger partial charge in [-0.1, -0.05) is 18.2 Å². The summed E-state index contributed by atoms with van der Waals surface area (Å²) in [6, 6.07) is 14.5. The molecule has 0 unspecified atom stereocenters. The molecule has 2 aromatic rings. The van der Waals surface area contributed by atoms with Crippen LogP contribution in [-0.2, 0) is 9.59 Å². The van der Waals surface area contributed by atoms with Crippen LogP contribution in [0.4, 0.5) is 5.69 Å². The van der Waals surface area contributed by atoms with Crippen LogP contribution in [0.3, 0.4) is 0 Å². The van der Waals surface area contributed by atoms with Gasteiger partial charge in [0.1, 0.15) is 18.1 Å². The molecule has 0 bridgehead atoms. The lowest BCUT2D eigenvalue weighted by Gasteiger charge is -2.08. The maximum atomic E-state index is 11.8. The fourth-order valence-electron chi connectivity index (χ4n) is 2.15. The zero-order valence-corrected chi connectivity index (χ0v) is 14.8. The molecule has 26 heavy (non-hydrogen) atoms.